The molecule has 0 spiro atoms. The Balaban J connectivity index is 2.27. The van der Waals surface area contributed by atoms with Gasteiger partial charge in [0.05, 0.1) is 0 Å². The zero-order chi connectivity index (χ0) is 13.7. The Morgan fingerprint density at radius 2 is 2.00 bits per heavy atom. The van der Waals surface area contributed by atoms with Crippen LogP contribution in [-0.2, 0) is 6.42 Å². The van der Waals surface area contributed by atoms with Crippen molar-refractivity contribution in [3.05, 3.63) is 59.3 Å². The number of anilines is 1. The largest absolute Gasteiger partial charge is 0.383 e. The molecule has 2 rings (SSSR count). The van der Waals surface area contributed by atoms with Crippen molar-refractivity contribution in [3.63, 3.8) is 0 Å². The van der Waals surface area contributed by atoms with E-state index in [-0.39, 0.29) is 6.04 Å². The zero-order valence-corrected chi connectivity index (χ0v) is 11.6. The van der Waals surface area contributed by atoms with E-state index in [1.807, 2.05) is 12.1 Å². The molecule has 100 valence electrons. The zero-order valence-electron chi connectivity index (χ0n) is 11.6. The SMILES string of the molecule is CCNC(Cc1cccnc1N)c1ccccc1C. The smallest absolute Gasteiger partial charge is 0.126 e. The van der Waals surface area contributed by atoms with Crippen LogP contribution in [0.25, 0.3) is 0 Å². The van der Waals surface area contributed by atoms with E-state index in [1.165, 1.54) is 11.1 Å². The van der Waals surface area contributed by atoms with Crippen molar-refractivity contribution < 1.29 is 0 Å². The number of nitrogens with one attached hydrogen (secondary N) is 1. The molecular formula is C16H21N3. The molecule has 2 aromatic rings. The summed E-state index contributed by atoms with van der Waals surface area (Å²) in [6.45, 7) is 5.20. The molecular weight excluding hydrogens is 234 g/mol. The summed E-state index contributed by atoms with van der Waals surface area (Å²) >= 11 is 0. The third-order valence-electron chi connectivity index (χ3n) is 3.36. The molecule has 19 heavy (non-hydrogen) atoms. The van der Waals surface area contributed by atoms with Gasteiger partial charge in [0.15, 0.2) is 0 Å². The van der Waals surface area contributed by atoms with Crippen LogP contribution in [0.4, 0.5) is 5.82 Å². The number of nitrogen functional groups attached to an aromatic ring is 1. The van der Waals surface area contributed by atoms with E-state index >= 15 is 0 Å². The fourth-order valence-electron chi connectivity index (χ4n) is 2.36. The third kappa shape index (κ3) is 3.32. The summed E-state index contributed by atoms with van der Waals surface area (Å²) in [6.07, 6.45) is 2.59. The van der Waals surface area contributed by atoms with Crippen molar-refractivity contribution in [2.24, 2.45) is 0 Å². The highest BCUT2D eigenvalue weighted by molar-refractivity contribution is 5.40. The summed E-state index contributed by atoms with van der Waals surface area (Å²) in [5, 5.41) is 3.53. The van der Waals surface area contributed by atoms with Gasteiger partial charge in [0.25, 0.3) is 0 Å². The number of aromatic nitrogens is 1. The molecule has 0 aliphatic heterocycles. The van der Waals surface area contributed by atoms with Crippen LogP contribution in [0, 0.1) is 6.92 Å². The van der Waals surface area contributed by atoms with Gasteiger partial charge in [-0.3, -0.25) is 0 Å². The van der Waals surface area contributed by atoms with E-state index in [0.717, 1.165) is 18.5 Å². The van der Waals surface area contributed by atoms with Crippen LogP contribution in [0.15, 0.2) is 42.6 Å². The lowest BCUT2D eigenvalue weighted by Gasteiger charge is -2.21. The van der Waals surface area contributed by atoms with E-state index in [0.29, 0.717) is 5.82 Å². The first-order chi connectivity index (χ1) is 9.22. The number of hydrogen-bond donors (Lipinski definition) is 2. The fraction of sp³-hybridized carbons (Fsp3) is 0.312. The molecule has 1 aromatic carbocycles. The average molecular weight is 255 g/mol. The van der Waals surface area contributed by atoms with Gasteiger partial charge >= 0.3 is 0 Å². The summed E-state index contributed by atoms with van der Waals surface area (Å²) in [5.74, 6) is 0.624. The van der Waals surface area contributed by atoms with Crippen LogP contribution in [-0.4, -0.2) is 11.5 Å². The van der Waals surface area contributed by atoms with E-state index < -0.39 is 0 Å². The number of benzene rings is 1. The summed E-state index contributed by atoms with van der Waals surface area (Å²) in [7, 11) is 0. The maximum absolute atomic E-state index is 5.94. The second-order valence-electron chi connectivity index (χ2n) is 4.72. The molecule has 1 unspecified atom stereocenters. The highest BCUT2D eigenvalue weighted by atomic mass is 14.9. The standard InChI is InChI=1S/C16H21N3/c1-3-18-15(14-9-5-4-7-12(14)2)11-13-8-6-10-19-16(13)17/h4-10,15,18H,3,11H2,1-2H3,(H2,17,19). The maximum Gasteiger partial charge on any atom is 0.126 e. The molecule has 0 radical (unpaired) electrons. The lowest BCUT2D eigenvalue weighted by atomic mass is 9.95. The Labute approximate surface area is 114 Å². The number of pyridine rings is 1. The maximum atomic E-state index is 5.94. The van der Waals surface area contributed by atoms with Gasteiger partial charge in [-0.15, -0.1) is 0 Å². The van der Waals surface area contributed by atoms with Crippen LogP contribution in [0.3, 0.4) is 0 Å². The average Bonchev–Trinajstić information content (AvgIpc) is 2.41. The summed E-state index contributed by atoms with van der Waals surface area (Å²) in [6, 6.07) is 12.7. The van der Waals surface area contributed by atoms with Gasteiger partial charge in [-0.2, -0.15) is 0 Å². The van der Waals surface area contributed by atoms with Crippen molar-refractivity contribution in [1.29, 1.82) is 0 Å². The van der Waals surface area contributed by atoms with E-state index in [4.69, 9.17) is 5.73 Å². The molecule has 0 aliphatic rings. The number of nitrogens with two attached hydrogens (primary N) is 1. The Morgan fingerprint density at radius 3 is 2.68 bits per heavy atom. The lowest BCUT2D eigenvalue weighted by molar-refractivity contribution is 0.547. The molecule has 0 amide bonds. The second-order valence-corrected chi connectivity index (χ2v) is 4.72. The highest BCUT2D eigenvalue weighted by Gasteiger charge is 2.14. The minimum absolute atomic E-state index is 0.276. The molecule has 3 N–H and O–H groups in total. The second kappa shape index (κ2) is 6.34. The quantitative estimate of drug-likeness (QED) is 0.863. The Morgan fingerprint density at radius 1 is 1.21 bits per heavy atom. The molecule has 1 aromatic heterocycles. The van der Waals surface area contributed by atoms with Crippen LogP contribution in [0.1, 0.15) is 29.7 Å². The first kappa shape index (κ1) is 13.6. The van der Waals surface area contributed by atoms with Gasteiger partial charge in [-0.1, -0.05) is 37.3 Å². The summed E-state index contributed by atoms with van der Waals surface area (Å²) < 4.78 is 0. The monoisotopic (exact) mass is 255 g/mol. The molecule has 1 heterocycles. The third-order valence-corrected chi connectivity index (χ3v) is 3.36. The first-order valence-electron chi connectivity index (χ1n) is 6.70. The Bertz CT molecular complexity index is 537. The van der Waals surface area contributed by atoms with Crippen molar-refractivity contribution in [3.8, 4) is 0 Å². The first-order valence-corrected chi connectivity index (χ1v) is 6.70. The molecule has 0 aliphatic carbocycles. The van der Waals surface area contributed by atoms with Crippen molar-refractivity contribution in [1.82, 2.24) is 10.3 Å². The van der Waals surface area contributed by atoms with Crippen LogP contribution >= 0.6 is 0 Å². The van der Waals surface area contributed by atoms with Gasteiger partial charge in [-0.05, 0) is 42.6 Å². The molecule has 1 atom stereocenters. The number of likely N-dealkylation sites (N-methyl/N-ethyl adjacent to an activating group) is 1. The molecule has 0 fully saturated rings. The molecule has 0 bridgehead atoms. The lowest BCUT2D eigenvalue weighted by Crippen LogP contribution is -2.24. The van der Waals surface area contributed by atoms with E-state index in [2.05, 4.69) is 48.4 Å². The van der Waals surface area contributed by atoms with Gasteiger partial charge in [-0.25, -0.2) is 4.98 Å². The number of aryl methyl sites for hydroxylation is 1. The minimum atomic E-state index is 0.276. The van der Waals surface area contributed by atoms with Crippen LogP contribution < -0.4 is 11.1 Å². The molecule has 3 nitrogen and oxygen atoms in total. The van der Waals surface area contributed by atoms with Gasteiger partial charge < -0.3 is 11.1 Å². The Hall–Kier alpha value is -1.87. The molecule has 0 saturated carbocycles. The predicted molar refractivity (Wildman–Crippen MR) is 80.0 cm³/mol. The fourth-order valence-corrected chi connectivity index (χ4v) is 2.36. The summed E-state index contributed by atoms with van der Waals surface area (Å²) in [4.78, 5) is 4.16. The minimum Gasteiger partial charge on any atom is -0.383 e. The number of hydrogen-bond acceptors (Lipinski definition) is 3. The van der Waals surface area contributed by atoms with Gasteiger partial charge in [0.1, 0.15) is 5.82 Å². The number of rotatable bonds is 5. The van der Waals surface area contributed by atoms with Gasteiger partial charge in [0, 0.05) is 12.2 Å². The van der Waals surface area contributed by atoms with Crippen LogP contribution in [0.5, 0.6) is 0 Å². The topological polar surface area (TPSA) is 50.9 Å². The molecule has 0 saturated heterocycles. The highest BCUT2D eigenvalue weighted by Crippen LogP contribution is 2.23. The number of nitrogens with zero attached hydrogens (tertiary/aromatic N) is 1. The van der Waals surface area contributed by atoms with E-state index in [1.54, 1.807) is 6.20 Å². The van der Waals surface area contributed by atoms with Gasteiger partial charge in [0.2, 0.25) is 0 Å². The Kier molecular flexibility index (Phi) is 4.53. The van der Waals surface area contributed by atoms with Crippen molar-refractivity contribution in [2.45, 2.75) is 26.3 Å². The predicted octanol–water partition coefficient (Wildman–Crippen LogP) is 2.87. The summed E-state index contributed by atoms with van der Waals surface area (Å²) in [5.41, 5.74) is 9.66. The van der Waals surface area contributed by atoms with Crippen LogP contribution in [0.2, 0.25) is 0 Å². The van der Waals surface area contributed by atoms with Crippen molar-refractivity contribution in [2.75, 3.05) is 12.3 Å². The normalized spacial score (nSPS) is 12.3. The van der Waals surface area contributed by atoms with Crippen molar-refractivity contribution >= 4 is 5.82 Å². The molecule has 3 heteroatoms. The van der Waals surface area contributed by atoms with E-state index in [9.17, 15) is 0 Å².